The molecule has 4 rings (SSSR count). The maximum absolute atomic E-state index is 13.6. The first kappa shape index (κ1) is 20.6. The zero-order valence-electron chi connectivity index (χ0n) is 18.3. The highest BCUT2D eigenvalue weighted by Crippen LogP contribution is 2.35. The van der Waals surface area contributed by atoms with Gasteiger partial charge in [-0.2, -0.15) is 0 Å². The zero-order valence-corrected chi connectivity index (χ0v) is 18.3. The summed E-state index contributed by atoms with van der Waals surface area (Å²) in [5.74, 6) is -0.649. The molecule has 4 nitrogen and oxygen atoms in total. The molecule has 1 aliphatic rings. The van der Waals surface area contributed by atoms with Crippen LogP contribution < -0.4 is 10.2 Å². The van der Waals surface area contributed by atoms with Crippen LogP contribution in [0.4, 0.5) is 11.4 Å². The highest BCUT2D eigenvalue weighted by atomic mass is 16.2. The smallest absolute Gasteiger partial charge is 0.282 e. The number of nitrogens with one attached hydrogen (secondary N) is 1. The van der Waals surface area contributed by atoms with Gasteiger partial charge in [0, 0.05) is 5.69 Å². The van der Waals surface area contributed by atoms with E-state index in [-0.39, 0.29) is 11.8 Å². The summed E-state index contributed by atoms with van der Waals surface area (Å²) in [6.07, 6.45) is 0.940. The molecule has 0 fully saturated rings. The number of imide groups is 1. The Bertz CT molecular complexity index is 1190. The highest BCUT2D eigenvalue weighted by Gasteiger charge is 2.40. The molecule has 31 heavy (non-hydrogen) atoms. The second kappa shape index (κ2) is 8.23. The molecule has 0 saturated heterocycles. The van der Waals surface area contributed by atoms with Crippen LogP contribution in [0.1, 0.15) is 34.7 Å². The number of carbonyl (C=O) groups excluding carboxylic acids is 2. The minimum Gasteiger partial charge on any atom is -0.350 e. The molecule has 156 valence electrons. The first-order valence-electron chi connectivity index (χ1n) is 10.5. The van der Waals surface area contributed by atoms with Gasteiger partial charge in [-0.1, -0.05) is 61.0 Å². The third-order valence-electron chi connectivity index (χ3n) is 5.87. The molecule has 3 aromatic carbocycles. The molecule has 0 aliphatic carbocycles. The predicted molar refractivity (Wildman–Crippen MR) is 126 cm³/mol. The monoisotopic (exact) mass is 410 g/mol. The molecule has 0 atom stereocenters. The lowest BCUT2D eigenvalue weighted by atomic mass is 10.0. The molecule has 1 N–H and O–H groups in total. The van der Waals surface area contributed by atoms with Gasteiger partial charge in [-0.05, 0) is 67.6 Å². The molecule has 0 aromatic heterocycles. The number of hydrogen-bond donors (Lipinski definition) is 1. The Kier molecular flexibility index (Phi) is 5.47. The molecule has 0 saturated carbocycles. The van der Waals surface area contributed by atoms with Gasteiger partial charge in [-0.25, -0.2) is 4.90 Å². The van der Waals surface area contributed by atoms with Crippen molar-refractivity contribution in [1.29, 1.82) is 0 Å². The van der Waals surface area contributed by atoms with Crippen LogP contribution in [0.5, 0.6) is 0 Å². The largest absolute Gasteiger partial charge is 0.350 e. The Hall–Kier alpha value is -3.66. The SMILES string of the molecule is CCc1ccc(NC2=C(c3ccc(C)cc3)C(=O)N(c3cccc(C)c3C)C2=O)cc1. The van der Waals surface area contributed by atoms with E-state index >= 15 is 0 Å². The average molecular weight is 411 g/mol. The molecule has 1 heterocycles. The Morgan fingerprint density at radius 2 is 1.48 bits per heavy atom. The van der Waals surface area contributed by atoms with E-state index in [1.807, 2.05) is 87.5 Å². The summed E-state index contributed by atoms with van der Waals surface area (Å²) in [7, 11) is 0. The number of rotatable bonds is 5. The van der Waals surface area contributed by atoms with Crippen LogP contribution in [-0.2, 0) is 16.0 Å². The predicted octanol–water partition coefficient (Wildman–Crippen LogP) is 5.57. The third-order valence-corrected chi connectivity index (χ3v) is 5.87. The first-order chi connectivity index (χ1) is 14.9. The molecule has 0 radical (unpaired) electrons. The van der Waals surface area contributed by atoms with Crippen molar-refractivity contribution in [2.75, 3.05) is 10.2 Å². The molecule has 4 heteroatoms. The minimum absolute atomic E-state index is 0.305. The van der Waals surface area contributed by atoms with Crippen molar-refractivity contribution in [3.05, 3.63) is 100 Å². The fraction of sp³-hybridized carbons (Fsp3) is 0.185. The van der Waals surface area contributed by atoms with E-state index < -0.39 is 0 Å². The summed E-state index contributed by atoms with van der Waals surface area (Å²) in [4.78, 5) is 28.4. The summed E-state index contributed by atoms with van der Waals surface area (Å²) in [6.45, 7) is 8.01. The standard InChI is InChI=1S/C27H26N2O2/c1-5-20-11-15-22(16-12-20)28-25-24(21-13-9-17(2)10-14-21)26(30)29(27(25)31)23-8-6-7-18(3)19(23)4/h6-16,28H,5H2,1-4H3. The van der Waals surface area contributed by atoms with E-state index in [0.717, 1.165) is 34.4 Å². The Morgan fingerprint density at radius 3 is 2.13 bits per heavy atom. The summed E-state index contributed by atoms with van der Waals surface area (Å²) in [5.41, 5.74) is 7.08. The molecule has 1 aliphatic heterocycles. The molecule has 0 unspecified atom stereocenters. The lowest BCUT2D eigenvalue weighted by Crippen LogP contribution is -2.33. The van der Waals surface area contributed by atoms with Gasteiger partial charge in [0.2, 0.25) is 0 Å². The molecule has 0 spiro atoms. The molecule has 3 aromatic rings. The van der Waals surface area contributed by atoms with Gasteiger partial charge in [-0.15, -0.1) is 0 Å². The van der Waals surface area contributed by atoms with E-state index in [0.29, 0.717) is 17.0 Å². The van der Waals surface area contributed by atoms with Gasteiger partial charge in [0.05, 0.1) is 11.3 Å². The Morgan fingerprint density at radius 1 is 0.806 bits per heavy atom. The van der Waals surface area contributed by atoms with E-state index in [1.54, 1.807) is 0 Å². The van der Waals surface area contributed by atoms with Crippen molar-refractivity contribution in [1.82, 2.24) is 0 Å². The normalized spacial score (nSPS) is 13.9. The van der Waals surface area contributed by atoms with E-state index in [2.05, 4.69) is 12.2 Å². The van der Waals surface area contributed by atoms with Crippen LogP contribution >= 0.6 is 0 Å². The number of carbonyl (C=O) groups is 2. The van der Waals surface area contributed by atoms with Gasteiger partial charge in [0.1, 0.15) is 5.70 Å². The van der Waals surface area contributed by atoms with Crippen molar-refractivity contribution in [3.63, 3.8) is 0 Å². The van der Waals surface area contributed by atoms with Gasteiger partial charge in [-0.3, -0.25) is 9.59 Å². The molecular weight excluding hydrogens is 384 g/mol. The van der Waals surface area contributed by atoms with Crippen LogP contribution in [-0.4, -0.2) is 11.8 Å². The summed E-state index contributed by atoms with van der Waals surface area (Å²) >= 11 is 0. The Labute approximate surface area is 183 Å². The van der Waals surface area contributed by atoms with E-state index in [9.17, 15) is 9.59 Å². The van der Waals surface area contributed by atoms with Gasteiger partial charge < -0.3 is 5.32 Å². The van der Waals surface area contributed by atoms with Gasteiger partial charge in [0.15, 0.2) is 0 Å². The summed E-state index contributed by atoms with van der Waals surface area (Å²) < 4.78 is 0. The fourth-order valence-corrected chi connectivity index (χ4v) is 3.80. The second-order valence-corrected chi connectivity index (χ2v) is 7.96. The van der Waals surface area contributed by atoms with Gasteiger partial charge in [0.25, 0.3) is 11.8 Å². The number of benzene rings is 3. The fourth-order valence-electron chi connectivity index (χ4n) is 3.80. The second-order valence-electron chi connectivity index (χ2n) is 7.96. The van der Waals surface area contributed by atoms with Crippen LogP contribution in [0.15, 0.2) is 72.4 Å². The lowest BCUT2D eigenvalue weighted by Gasteiger charge is -2.19. The van der Waals surface area contributed by atoms with Crippen molar-refractivity contribution >= 4 is 28.8 Å². The molecular formula is C27H26N2O2. The number of aryl methyl sites for hydroxylation is 3. The van der Waals surface area contributed by atoms with E-state index in [1.165, 1.54) is 10.5 Å². The van der Waals surface area contributed by atoms with Crippen LogP contribution in [0.25, 0.3) is 5.57 Å². The molecule has 2 amide bonds. The van der Waals surface area contributed by atoms with Gasteiger partial charge >= 0.3 is 0 Å². The van der Waals surface area contributed by atoms with Crippen molar-refractivity contribution < 1.29 is 9.59 Å². The number of amides is 2. The van der Waals surface area contributed by atoms with Crippen LogP contribution in [0, 0.1) is 20.8 Å². The Balaban J connectivity index is 1.82. The molecule has 0 bridgehead atoms. The van der Waals surface area contributed by atoms with E-state index in [4.69, 9.17) is 0 Å². The topological polar surface area (TPSA) is 49.4 Å². The summed E-state index contributed by atoms with van der Waals surface area (Å²) in [5, 5.41) is 3.24. The lowest BCUT2D eigenvalue weighted by molar-refractivity contribution is -0.120. The number of anilines is 2. The zero-order chi connectivity index (χ0) is 22.1. The van der Waals surface area contributed by atoms with Crippen LogP contribution in [0.3, 0.4) is 0 Å². The maximum atomic E-state index is 13.6. The van der Waals surface area contributed by atoms with Crippen molar-refractivity contribution in [2.24, 2.45) is 0 Å². The summed E-state index contributed by atoms with van der Waals surface area (Å²) in [6, 6.07) is 21.3. The third kappa shape index (κ3) is 3.77. The number of hydrogen-bond acceptors (Lipinski definition) is 3. The van der Waals surface area contributed by atoms with Crippen molar-refractivity contribution in [2.45, 2.75) is 34.1 Å². The average Bonchev–Trinajstić information content (AvgIpc) is 3.01. The minimum atomic E-state index is -0.339. The van der Waals surface area contributed by atoms with Crippen LogP contribution in [0.2, 0.25) is 0 Å². The quantitative estimate of drug-likeness (QED) is 0.559. The first-order valence-corrected chi connectivity index (χ1v) is 10.5. The number of nitrogens with zero attached hydrogens (tertiary/aromatic N) is 1. The maximum Gasteiger partial charge on any atom is 0.282 e. The van der Waals surface area contributed by atoms with Crippen molar-refractivity contribution in [3.8, 4) is 0 Å². The highest BCUT2D eigenvalue weighted by molar-refractivity contribution is 6.46.